The molecule has 1 heterocycles. The molecule has 248 valence electrons. The van der Waals surface area contributed by atoms with Crippen LogP contribution in [0.15, 0.2) is 36.4 Å². The zero-order chi connectivity index (χ0) is 33.9. The predicted molar refractivity (Wildman–Crippen MR) is 170 cm³/mol. The van der Waals surface area contributed by atoms with Gasteiger partial charge in [-0.3, -0.25) is 19.3 Å². The number of amides is 4. The summed E-state index contributed by atoms with van der Waals surface area (Å²) in [7, 11) is 0. The van der Waals surface area contributed by atoms with E-state index >= 15 is 0 Å². The molecule has 3 aromatic rings. The Labute approximate surface area is 271 Å². The second kappa shape index (κ2) is 14.1. The Morgan fingerprint density at radius 1 is 1.11 bits per heavy atom. The molecule has 1 aliphatic rings. The van der Waals surface area contributed by atoms with E-state index in [1.807, 2.05) is 6.92 Å². The maximum absolute atomic E-state index is 14.6. The van der Waals surface area contributed by atoms with Crippen LogP contribution in [0.5, 0.6) is 0 Å². The van der Waals surface area contributed by atoms with Crippen molar-refractivity contribution in [3.05, 3.63) is 69.9 Å². The van der Waals surface area contributed by atoms with E-state index in [1.165, 1.54) is 30.3 Å². The van der Waals surface area contributed by atoms with Gasteiger partial charge in [0.1, 0.15) is 29.3 Å². The fraction of sp³-hybridized carbons (Fsp3) is 0.455. The largest absolute Gasteiger partial charge is 0.465 e. The van der Waals surface area contributed by atoms with E-state index in [-0.39, 0.29) is 35.8 Å². The lowest BCUT2D eigenvalue weighted by atomic mass is 9.78. The minimum absolute atomic E-state index is 0.0596. The SMILES string of the molecule is CC[C@H](C)C(NC(=O)[C@@]1(NC(=O)C([C@@H](C)CC)N(Cc2ccccc2F)C(=O)O)CCc2[nH]c3c(Cl)cc(F)cc3c2C1)C(N)=O. The molecule has 1 aromatic heterocycles. The molecule has 0 fully saturated rings. The van der Waals surface area contributed by atoms with Crippen LogP contribution in [0.1, 0.15) is 63.8 Å². The van der Waals surface area contributed by atoms with Crippen molar-refractivity contribution in [3.8, 4) is 0 Å². The first kappa shape index (κ1) is 34.7. The average Bonchev–Trinajstić information content (AvgIpc) is 3.37. The lowest BCUT2D eigenvalue weighted by Gasteiger charge is -2.41. The molecule has 6 N–H and O–H groups in total. The number of H-pyrrole nitrogens is 1. The van der Waals surface area contributed by atoms with Crippen molar-refractivity contribution in [2.75, 3.05) is 0 Å². The van der Waals surface area contributed by atoms with Crippen LogP contribution in [0.3, 0.4) is 0 Å². The van der Waals surface area contributed by atoms with Gasteiger partial charge in [-0.25, -0.2) is 13.6 Å². The number of fused-ring (bicyclic) bond motifs is 3. The van der Waals surface area contributed by atoms with Crippen LogP contribution in [-0.2, 0) is 33.8 Å². The molecule has 2 aromatic carbocycles. The van der Waals surface area contributed by atoms with Gasteiger partial charge in [0.25, 0.3) is 0 Å². The maximum atomic E-state index is 14.6. The van der Waals surface area contributed by atoms with Crippen LogP contribution >= 0.6 is 11.6 Å². The number of nitrogens with one attached hydrogen (secondary N) is 3. The van der Waals surface area contributed by atoms with Gasteiger partial charge in [-0.05, 0) is 48.4 Å². The standard InChI is InChI=1S/C33H40ClF2N5O5/c1-5-17(3)26(29(37)42)39-31(44)33(12-11-25-22(15-33)21-13-20(35)14-23(34)27(21)38-25)40-30(43)28(18(4)6-2)41(32(45)46)16-19-9-7-8-10-24(19)36/h7-10,13-14,17-18,26,28,38H,5-6,11-12,15-16H2,1-4H3,(H2,37,42)(H,39,44)(H,40,43)(H,45,46)/t17-,18-,26?,28?,33+/m0/s1. The van der Waals surface area contributed by atoms with Gasteiger partial charge in [-0.1, -0.05) is 70.3 Å². The fourth-order valence-electron chi connectivity index (χ4n) is 6.17. The summed E-state index contributed by atoms with van der Waals surface area (Å²) in [5.41, 5.74) is 5.79. The number of rotatable bonds is 12. The third-order valence-corrected chi connectivity index (χ3v) is 9.53. The summed E-state index contributed by atoms with van der Waals surface area (Å²) < 4.78 is 29.1. The van der Waals surface area contributed by atoms with Crippen molar-refractivity contribution in [3.63, 3.8) is 0 Å². The molecule has 0 bridgehead atoms. The molecule has 1 aliphatic carbocycles. The number of nitrogens with zero attached hydrogens (tertiary/aromatic N) is 1. The third kappa shape index (κ3) is 6.96. The number of carboxylic acid groups (broad SMARTS) is 1. The molecule has 0 aliphatic heterocycles. The molecule has 0 saturated heterocycles. The van der Waals surface area contributed by atoms with Crippen molar-refractivity contribution in [1.82, 2.24) is 20.5 Å². The normalized spacial score (nSPS) is 18.6. The number of hydrogen-bond donors (Lipinski definition) is 5. The number of hydrogen-bond acceptors (Lipinski definition) is 4. The van der Waals surface area contributed by atoms with Gasteiger partial charge in [-0.2, -0.15) is 0 Å². The number of carbonyl (C=O) groups excluding carboxylic acids is 3. The smallest absolute Gasteiger partial charge is 0.408 e. The van der Waals surface area contributed by atoms with Gasteiger partial charge in [0.05, 0.1) is 17.1 Å². The number of nitrogens with two attached hydrogens (primary N) is 1. The van der Waals surface area contributed by atoms with E-state index in [0.717, 1.165) is 4.90 Å². The van der Waals surface area contributed by atoms with E-state index < -0.39 is 65.5 Å². The van der Waals surface area contributed by atoms with E-state index in [1.54, 1.807) is 26.8 Å². The highest BCUT2D eigenvalue weighted by Gasteiger charge is 2.47. The van der Waals surface area contributed by atoms with Gasteiger partial charge in [0.2, 0.25) is 17.7 Å². The Kier molecular flexibility index (Phi) is 10.6. The molecule has 10 nitrogen and oxygen atoms in total. The molecule has 13 heteroatoms. The lowest BCUT2D eigenvalue weighted by molar-refractivity contribution is -0.139. The molecule has 4 amide bonds. The number of aryl methyl sites for hydroxylation is 1. The molecule has 46 heavy (non-hydrogen) atoms. The molecule has 0 spiro atoms. The van der Waals surface area contributed by atoms with Crippen LogP contribution < -0.4 is 16.4 Å². The summed E-state index contributed by atoms with van der Waals surface area (Å²) in [5.74, 6) is -4.29. The summed E-state index contributed by atoms with van der Waals surface area (Å²) in [6, 6.07) is 5.78. The zero-order valence-electron chi connectivity index (χ0n) is 26.3. The Hall–Kier alpha value is -4.19. The minimum Gasteiger partial charge on any atom is -0.465 e. The number of primary amides is 1. The van der Waals surface area contributed by atoms with Crippen molar-refractivity contribution < 1.29 is 33.1 Å². The number of halogens is 3. The molecule has 0 radical (unpaired) electrons. The molecule has 5 atom stereocenters. The van der Waals surface area contributed by atoms with Crippen molar-refractivity contribution in [1.29, 1.82) is 0 Å². The summed E-state index contributed by atoms with van der Waals surface area (Å²) in [5, 5.41) is 16.4. The molecule has 0 saturated carbocycles. The minimum atomic E-state index is -1.69. The summed E-state index contributed by atoms with van der Waals surface area (Å²) >= 11 is 6.33. The number of benzene rings is 2. The first-order valence-electron chi connectivity index (χ1n) is 15.4. The van der Waals surface area contributed by atoms with E-state index in [2.05, 4.69) is 15.6 Å². The second-order valence-electron chi connectivity index (χ2n) is 12.2. The molecular formula is C33H40ClF2N5O5. The first-order valence-corrected chi connectivity index (χ1v) is 15.7. The van der Waals surface area contributed by atoms with Gasteiger partial charge in [0, 0.05) is 23.1 Å². The van der Waals surface area contributed by atoms with Gasteiger partial charge in [-0.15, -0.1) is 0 Å². The van der Waals surface area contributed by atoms with Gasteiger partial charge in [0.15, 0.2) is 0 Å². The highest BCUT2D eigenvalue weighted by molar-refractivity contribution is 6.35. The van der Waals surface area contributed by atoms with Crippen molar-refractivity contribution >= 4 is 46.3 Å². The zero-order valence-corrected chi connectivity index (χ0v) is 27.0. The Morgan fingerprint density at radius 2 is 1.78 bits per heavy atom. The van der Waals surface area contributed by atoms with Crippen LogP contribution in [0, 0.1) is 23.5 Å². The molecule has 4 rings (SSSR count). The lowest BCUT2D eigenvalue weighted by Crippen LogP contribution is -2.67. The highest BCUT2D eigenvalue weighted by atomic mass is 35.5. The van der Waals surface area contributed by atoms with Gasteiger partial charge >= 0.3 is 6.09 Å². The Bertz CT molecular complexity index is 1650. The summed E-state index contributed by atoms with van der Waals surface area (Å²) in [6.07, 6.45) is -0.340. The summed E-state index contributed by atoms with van der Waals surface area (Å²) in [4.78, 5) is 57.7. The Morgan fingerprint density at radius 3 is 2.39 bits per heavy atom. The quantitative estimate of drug-likeness (QED) is 0.184. The number of aromatic amines is 1. The number of aromatic nitrogens is 1. The van der Waals surface area contributed by atoms with E-state index in [4.69, 9.17) is 17.3 Å². The summed E-state index contributed by atoms with van der Waals surface area (Å²) in [6.45, 7) is 6.68. The average molecular weight is 660 g/mol. The highest BCUT2D eigenvalue weighted by Crippen LogP contribution is 2.38. The van der Waals surface area contributed by atoms with E-state index in [9.17, 15) is 33.1 Å². The molecular weight excluding hydrogens is 620 g/mol. The maximum Gasteiger partial charge on any atom is 0.408 e. The Balaban J connectivity index is 1.80. The van der Waals surface area contributed by atoms with E-state index in [0.29, 0.717) is 35.0 Å². The van der Waals surface area contributed by atoms with Crippen molar-refractivity contribution in [2.45, 2.75) is 84.0 Å². The predicted octanol–water partition coefficient (Wildman–Crippen LogP) is 5.05. The monoisotopic (exact) mass is 659 g/mol. The van der Waals surface area contributed by atoms with Crippen LogP contribution in [-0.4, -0.2) is 56.4 Å². The van der Waals surface area contributed by atoms with Crippen molar-refractivity contribution in [2.24, 2.45) is 17.6 Å². The van der Waals surface area contributed by atoms with Crippen LogP contribution in [0.4, 0.5) is 13.6 Å². The third-order valence-electron chi connectivity index (χ3n) is 9.24. The fourth-order valence-corrected chi connectivity index (χ4v) is 6.43. The van der Waals surface area contributed by atoms with Gasteiger partial charge < -0.3 is 26.5 Å². The second-order valence-corrected chi connectivity index (χ2v) is 12.6. The molecule has 2 unspecified atom stereocenters. The topological polar surface area (TPSA) is 158 Å². The van der Waals surface area contributed by atoms with Crippen LogP contribution in [0.2, 0.25) is 5.02 Å². The first-order chi connectivity index (χ1) is 21.7. The number of carbonyl (C=O) groups is 4. The van der Waals surface area contributed by atoms with Crippen LogP contribution in [0.25, 0.3) is 10.9 Å².